The van der Waals surface area contributed by atoms with Crippen molar-refractivity contribution in [3.8, 4) is 62.1 Å². The lowest BCUT2D eigenvalue weighted by Gasteiger charge is -2.09. The molecule has 0 aliphatic heterocycles. The van der Waals surface area contributed by atoms with Gasteiger partial charge in [0.15, 0.2) is 23.1 Å². The highest BCUT2D eigenvalue weighted by atomic mass is 16.3. The van der Waals surface area contributed by atoms with Crippen LogP contribution in [0.15, 0.2) is 199 Å². The fourth-order valence-electron chi connectivity index (χ4n) is 7.95. The molecule has 0 amide bonds. The second kappa shape index (κ2) is 13.0. The van der Waals surface area contributed by atoms with Gasteiger partial charge in [-0.2, -0.15) is 0 Å². The minimum absolute atomic E-state index is 0.621. The Labute approximate surface area is 322 Å². The third-order valence-electron chi connectivity index (χ3n) is 10.7. The summed E-state index contributed by atoms with van der Waals surface area (Å²) in [6.45, 7) is 0. The number of benzene rings is 8. The molecule has 3 heterocycles. The smallest absolute Gasteiger partial charge is 0.164 e. The molecule has 0 bridgehead atoms. The van der Waals surface area contributed by atoms with Crippen molar-refractivity contribution in [2.24, 2.45) is 0 Å². The molecule has 3 aromatic heterocycles. The van der Waals surface area contributed by atoms with Crippen LogP contribution in [0.4, 0.5) is 0 Å². The largest absolute Gasteiger partial charge is 0.454 e. The highest BCUT2D eigenvalue weighted by molar-refractivity contribution is 6.13. The molecule has 0 N–H and O–H groups in total. The monoisotopic (exact) mass is 716 g/mol. The van der Waals surface area contributed by atoms with E-state index in [9.17, 15) is 0 Å². The van der Waals surface area contributed by atoms with E-state index in [1.165, 1.54) is 21.9 Å². The topological polar surface area (TPSA) is 56.7 Å². The minimum Gasteiger partial charge on any atom is -0.454 e. The molecule has 11 aromatic rings. The Kier molecular flexibility index (Phi) is 7.42. The summed E-state index contributed by atoms with van der Waals surface area (Å²) in [7, 11) is 0. The van der Waals surface area contributed by atoms with Crippen molar-refractivity contribution in [3.63, 3.8) is 0 Å². The van der Waals surface area contributed by atoms with Gasteiger partial charge in [0.05, 0.1) is 16.7 Å². The number of furan rings is 1. The first-order valence-corrected chi connectivity index (χ1v) is 18.8. The molecule has 0 unspecified atom stereocenters. The molecule has 0 aliphatic rings. The molecule has 11 rings (SSSR count). The molecule has 8 aromatic carbocycles. The van der Waals surface area contributed by atoms with Crippen molar-refractivity contribution in [2.45, 2.75) is 0 Å². The van der Waals surface area contributed by atoms with E-state index in [0.717, 1.165) is 66.5 Å². The summed E-state index contributed by atoms with van der Waals surface area (Å²) in [6, 6.07) is 67.4. The maximum Gasteiger partial charge on any atom is 0.164 e. The molecule has 0 aliphatic carbocycles. The molecule has 262 valence electrons. The Morgan fingerprint density at radius 3 is 1.54 bits per heavy atom. The normalized spacial score (nSPS) is 11.6. The second-order valence-electron chi connectivity index (χ2n) is 14.0. The average molecular weight is 717 g/mol. The molecule has 0 spiro atoms. The number of nitrogens with zero attached hydrogens (tertiary/aromatic N) is 4. The summed E-state index contributed by atoms with van der Waals surface area (Å²) in [5.41, 5.74) is 12.2. The van der Waals surface area contributed by atoms with Crippen molar-refractivity contribution in [1.82, 2.24) is 19.5 Å². The number of hydrogen-bond acceptors (Lipinski definition) is 4. The molecule has 0 fully saturated rings. The van der Waals surface area contributed by atoms with Gasteiger partial charge in [-0.3, -0.25) is 0 Å². The van der Waals surface area contributed by atoms with Crippen LogP contribution in [-0.2, 0) is 0 Å². The summed E-state index contributed by atoms with van der Waals surface area (Å²) >= 11 is 0. The zero-order valence-electron chi connectivity index (χ0n) is 30.2. The summed E-state index contributed by atoms with van der Waals surface area (Å²) in [5, 5.41) is 4.57. The molecule has 0 saturated carbocycles. The van der Waals surface area contributed by atoms with Crippen LogP contribution in [0.5, 0.6) is 0 Å². The Morgan fingerprint density at radius 2 is 0.821 bits per heavy atom. The van der Waals surface area contributed by atoms with Crippen molar-refractivity contribution >= 4 is 43.7 Å². The first-order chi connectivity index (χ1) is 27.7. The number of aromatic nitrogens is 4. The maximum atomic E-state index is 6.87. The zero-order chi connectivity index (χ0) is 37.0. The highest BCUT2D eigenvalue weighted by Gasteiger charge is 2.19. The van der Waals surface area contributed by atoms with E-state index in [0.29, 0.717) is 17.5 Å². The van der Waals surface area contributed by atoms with Crippen molar-refractivity contribution in [1.29, 1.82) is 0 Å². The van der Waals surface area contributed by atoms with Crippen molar-refractivity contribution in [2.75, 3.05) is 0 Å². The van der Waals surface area contributed by atoms with E-state index in [2.05, 4.69) is 138 Å². The van der Waals surface area contributed by atoms with Gasteiger partial charge >= 0.3 is 0 Å². The van der Waals surface area contributed by atoms with E-state index in [4.69, 9.17) is 19.4 Å². The van der Waals surface area contributed by atoms with Crippen LogP contribution >= 0.6 is 0 Å². The molecule has 5 heteroatoms. The molecule has 56 heavy (non-hydrogen) atoms. The van der Waals surface area contributed by atoms with Crippen LogP contribution < -0.4 is 0 Å². The average Bonchev–Trinajstić information content (AvgIpc) is 3.82. The Hall–Kier alpha value is -7.63. The quantitative estimate of drug-likeness (QED) is 0.172. The predicted molar refractivity (Wildman–Crippen MR) is 229 cm³/mol. The lowest BCUT2D eigenvalue weighted by atomic mass is 10.0. The predicted octanol–water partition coefficient (Wildman–Crippen LogP) is 13.2. The third kappa shape index (κ3) is 5.37. The molecular weight excluding hydrogens is 685 g/mol. The van der Waals surface area contributed by atoms with Gasteiger partial charge in [0, 0.05) is 38.2 Å². The Morgan fingerprint density at radius 1 is 0.321 bits per heavy atom. The van der Waals surface area contributed by atoms with Crippen molar-refractivity contribution in [3.05, 3.63) is 194 Å². The first kappa shape index (κ1) is 31.9. The van der Waals surface area contributed by atoms with Crippen LogP contribution in [0.25, 0.3) is 106 Å². The SMILES string of the molecule is c1ccc(-c2ccc3c4ccccc4n(-c4cccc5c4oc4cc(-c6cccc(-c7nc(-c8ccccc8)nc(-c8ccccc8)n7)c6)ccc45)c3c2)cc1. The lowest BCUT2D eigenvalue weighted by molar-refractivity contribution is 0.666. The van der Waals surface area contributed by atoms with Gasteiger partial charge in [-0.25, -0.2) is 15.0 Å². The van der Waals surface area contributed by atoms with Gasteiger partial charge < -0.3 is 8.98 Å². The van der Waals surface area contributed by atoms with Gasteiger partial charge in [0.25, 0.3) is 0 Å². The van der Waals surface area contributed by atoms with Crippen LogP contribution in [0, 0.1) is 0 Å². The van der Waals surface area contributed by atoms with Gasteiger partial charge in [-0.05, 0) is 58.7 Å². The number of rotatable bonds is 6. The number of fused-ring (bicyclic) bond motifs is 6. The number of para-hydroxylation sites is 2. The standard InChI is InChI=1S/C51H32N4O/c1-4-14-33(15-5-1)37-26-28-41-40-22-10-11-24-44(40)55(46(41)31-37)45-25-13-23-43-42-29-27-38(32-47(42)56-48(43)45)36-20-12-21-39(30-36)51-53-49(34-16-6-2-7-17-34)52-50(54-51)35-18-8-3-9-19-35/h1-32H. The van der Waals surface area contributed by atoms with E-state index < -0.39 is 0 Å². The van der Waals surface area contributed by atoms with E-state index in [-0.39, 0.29) is 0 Å². The van der Waals surface area contributed by atoms with Crippen LogP contribution in [-0.4, -0.2) is 19.5 Å². The van der Waals surface area contributed by atoms with Gasteiger partial charge in [-0.1, -0.05) is 158 Å². The second-order valence-corrected chi connectivity index (χ2v) is 14.0. The number of hydrogen-bond donors (Lipinski definition) is 0. The molecular formula is C51H32N4O. The Balaban J connectivity index is 1.04. The van der Waals surface area contributed by atoms with E-state index in [1.807, 2.05) is 60.7 Å². The molecule has 0 saturated heterocycles. The summed E-state index contributed by atoms with van der Waals surface area (Å²) in [6.07, 6.45) is 0. The van der Waals surface area contributed by atoms with E-state index >= 15 is 0 Å². The third-order valence-corrected chi connectivity index (χ3v) is 10.7. The molecule has 5 nitrogen and oxygen atoms in total. The summed E-state index contributed by atoms with van der Waals surface area (Å²) < 4.78 is 9.23. The lowest BCUT2D eigenvalue weighted by Crippen LogP contribution is -2.00. The molecule has 0 radical (unpaired) electrons. The highest BCUT2D eigenvalue weighted by Crippen LogP contribution is 2.40. The van der Waals surface area contributed by atoms with Gasteiger partial charge in [0.2, 0.25) is 0 Å². The summed E-state index contributed by atoms with van der Waals surface area (Å²) in [4.78, 5) is 14.8. The first-order valence-electron chi connectivity index (χ1n) is 18.8. The van der Waals surface area contributed by atoms with Gasteiger partial charge in [-0.15, -0.1) is 0 Å². The summed E-state index contributed by atoms with van der Waals surface area (Å²) in [5.74, 6) is 1.90. The zero-order valence-corrected chi connectivity index (χ0v) is 30.2. The van der Waals surface area contributed by atoms with E-state index in [1.54, 1.807) is 0 Å². The van der Waals surface area contributed by atoms with Crippen molar-refractivity contribution < 1.29 is 4.42 Å². The Bertz CT molecular complexity index is 3180. The maximum absolute atomic E-state index is 6.87. The van der Waals surface area contributed by atoms with Crippen LogP contribution in [0.3, 0.4) is 0 Å². The van der Waals surface area contributed by atoms with Crippen LogP contribution in [0.1, 0.15) is 0 Å². The van der Waals surface area contributed by atoms with Gasteiger partial charge in [0.1, 0.15) is 5.58 Å². The minimum atomic E-state index is 0.621. The van der Waals surface area contributed by atoms with Crippen LogP contribution in [0.2, 0.25) is 0 Å². The fourth-order valence-corrected chi connectivity index (χ4v) is 7.95. The fraction of sp³-hybridized carbons (Fsp3) is 0. The molecule has 0 atom stereocenters.